The Morgan fingerprint density at radius 1 is 1.33 bits per heavy atom. The van der Waals surface area contributed by atoms with E-state index in [2.05, 4.69) is 44.6 Å². The van der Waals surface area contributed by atoms with Gasteiger partial charge in [0.05, 0.1) is 6.54 Å². The molecule has 0 spiro atoms. The molecule has 68 valence electrons. The Labute approximate surface area is 75.9 Å². The van der Waals surface area contributed by atoms with Gasteiger partial charge in [0.2, 0.25) is 0 Å². The summed E-state index contributed by atoms with van der Waals surface area (Å²) in [6.07, 6.45) is 6.52. The van der Waals surface area contributed by atoms with Crippen LogP contribution in [0.2, 0.25) is 0 Å². The predicted octanol–water partition coefficient (Wildman–Crippen LogP) is 3.38. The minimum Gasteiger partial charge on any atom is -0.297 e. The molecule has 0 saturated heterocycles. The number of hydrogen-bond acceptors (Lipinski definition) is 1. The lowest BCUT2D eigenvalue weighted by molar-refractivity contribution is 1.02. The van der Waals surface area contributed by atoms with Crippen molar-refractivity contribution in [2.45, 2.75) is 33.6 Å². The Bertz CT molecular complexity index is 183. The maximum atomic E-state index is 3.89. The van der Waals surface area contributed by atoms with Crippen molar-refractivity contribution >= 4 is 6.72 Å². The lowest BCUT2D eigenvalue weighted by Gasteiger charge is -2.02. The molecule has 0 rings (SSSR count). The molecule has 0 bridgehead atoms. The van der Waals surface area contributed by atoms with E-state index in [1.54, 1.807) is 0 Å². The molecule has 12 heavy (non-hydrogen) atoms. The van der Waals surface area contributed by atoms with Crippen LogP contribution < -0.4 is 0 Å². The molecule has 0 heterocycles. The monoisotopic (exact) mass is 165 g/mol. The highest BCUT2D eigenvalue weighted by Crippen LogP contribution is 2.09. The maximum absolute atomic E-state index is 3.89. The van der Waals surface area contributed by atoms with Crippen LogP contribution in [0.15, 0.2) is 28.3 Å². The quantitative estimate of drug-likeness (QED) is 0.437. The van der Waals surface area contributed by atoms with E-state index < -0.39 is 0 Å². The van der Waals surface area contributed by atoms with Crippen molar-refractivity contribution in [1.29, 1.82) is 0 Å². The lowest BCUT2D eigenvalue weighted by Crippen LogP contribution is -1.89. The first-order chi connectivity index (χ1) is 5.72. The van der Waals surface area contributed by atoms with Crippen molar-refractivity contribution in [3.8, 4) is 0 Å². The number of nitrogens with zero attached hydrogens (tertiary/aromatic N) is 1. The fraction of sp³-hybridized carbons (Fsp3) is 0.545. The van der Waals surface area contributed by atoms with Gasteiger partial charge in [0.1, 0.15) is 0 Å². The van der Waals surface area contributed by atoms with Gasteiger partial charge in [0, 0.05) is 0 Å². The summed E-state index contributed by atoms with van der Waals surface area (Å²) in [5, 5.41) is 0. The molecule has 1 nitrogen and oxygen atoms in total. The third-order valence-corrected chi connectivity index (χ3v) is 1.78. The summed E-state index contributed by atoms with van der Waals surface area (Å²) in [5.41, 5.74) is 2.75. The second kappa shape index (κ2) is 6.84. The minimum absolute atomic E-state index is 0.774. The summed E-state index contributed by atoms with van der Waals surface area (Å²) >= 11 is 0. The number of allylic oxidation sites excluding steroid dienone is 3. The third kappa shape index (κ3) is 4.89. The van der Waals surface area contributed by atoms with Gasteiger partial charge in [-0.1, -0.05) is 24.6 Å². The summed E-state index contributed by atoms with van der Waals surface area (Å²) in [6, 6.07) is 0. The normalized spacial score (nSPS) is 10.2. The molecule has 0 aromatic carbocycles. The fourth-order valence-electron chi connectivity index (χ4n) is 0.954. The molecule has 0 saturated carbocycles. The van der Waals surface area contributed by atoms with Crippen LogP contribution in [0.4, 0.5) is 0 Å². The zero-order chi connectivity index (χ0) is 9.40. The molecule has 0 aromatic heterocycles. The first-order valence-corrected chi connectivity index (χ1v) is 4.45. The van der Waals surface area contributed by atoms with Gasteiger partial charge in [-0.15, -0.1) is 0 Å². The Morgan fingerprint density at radius 3 is 2.42 bits per heavy atom. The van der Waals surface area contributed by atoms with Gasteiger partial charge in [-0.3, -0.25) is 4.99 Å². The SMILES string of the molecule is C=NCC(C/C=C\CC)=C(C)C. The van der Waals surface area contributed by atoms with Crippen LogP contribution in [0.25, 0.3) is 0 Å². The predicted molar refractivity (Wildman–Crippen MR) is 56.8 cm³/mol. The van der Waals surface area contributed by atoms with E-state index >= 15 is 0 Å². The smallest absolute Gasteiger partial charge is 0.0597 e. The summed E-state index contributed by atoms with van der Waals surface area (Å²) in [4.78, 5) is 3.89. The van der Waals surface area contributed by atoms with E-state index in [1.807, 2.05) is 0 Å². The summed E-state index contributed by atoms with van der Waals surface area (Å²) < 4.78 is 0. The van der Waals surface area contributed by atoms with Gasteiger partial charge in [-0.2, -0.15) is 0 Å². The minimum atomic E-state index is 0.774. The van der Waals surface area contributed by atoms with Gasteiger partial charge in [-0.05, 0) is 39.0 Å². The second-order valence-corrected chi connectivity index (χ2v) is 3.07. The van der Waals surface area contributed by atoms with Crippen LogP contribution in [-0.2, 0) is 0 Å². The number of aliphatic imine (C=N–C) groups is 1. The molecule has 1 heteroatoms. The van der Waals surface area contributed by atoms with Crippen LogP contribution in [-0.4, -0.2) is 13.3 Å². The van der Waals surface area contributed by atoms with Crippen molar-refractivity contribution < 1.29 is 0 Å². The van der Waals surface area contributed by atoms with E-state index in [9.17, 15) is 0 Å². The van der Waals surface area contributed by atoms with Crippen molar-refractivity contribution in [2.24, 2.45) is 4.99 Å². The van der Waals surface area contributed by atoms with Gasteiger partial charge in [0.25, 0.3) is 0 Å². The highest BCUT2D eigenvalue weighted by Gasteiger charge is 1.94. The number of hydrogen-bond donors (Lipinski definition) is 0. The first-order valence-electron chi connectivity index (χ1n) is 4.45. The third-order valence-electron chi connectivity index (χ3n) is 1.78. The number of rotatable bonds is 5. The fourth-order valence-corrected chi connectivity index (χ4v) is 0.954. The van der Waals surface area contributed by atoms with E-state index in [0.717, 1.165) is 19.4 Å². The molecule has 0 aliphatic carbocycles. The van der Waals surface area contributed by atoms with Crippen LogP contribution in [0.3, 0.4) is 0 Å². The summed E-state index contributed by atoms with van der Waals surface area (Å²) in [7, 11) is 0. The highest BCUT2D eigenvalue weighted by atomic mass is 14.7. The zero-order valence-corrected chi connectivity index (χ0v) is 8.43. The zero-order valence-electron chi connectivity index (χ0n) is 8.43. The molecule has 0 radical (unpaired) electrons. The van der Waals surface area contributed by atoms with Crippen LogP contribution >= 0.6 is 0 Å². The topological polar surface area (TPSA) is 12.4 Å². The van der Waals surface area contributed by atoms with Crippen molar-refractivity contribution in [3.63, 3.8) is 0 Å². The lowest BCUT2D eigenvalue weighted by atomic mass is 10.1. The summed E-state index contributed by atoms with van der Waals surface area (Å²) in [6.45, 7) is 10.7. The Kier molecular flexibility index (Phi) is 6.35. The Morgan fingerprint density at radius 2 is 2.00 bits per heavy atom. The van der Waals surface area contributed by atoms with Crippen molar-refractivity contribution in [1.82, 2.24) is 0 Å². The standard InChI is InChI=1S/C11H19N/c1-5-6-7-8-11(9-12-4)10(2)3/h6-7H,4-5,8-9H2,1-3H3/b7-6-. The molecule has 0 aliphatic rings. The van der Waals surface area contributed by atoms with E-state index in [-0.39, 0.29) is 0 Å². The molecule has 0 fully saturated rings. The van der Waals surface area contributed by atoms with Crippen molar-refractivity contribution in [2.75, 3.05) is 6.54 Å². The van der Waals surface area contributed by atoms with E-state index in [1.165, 1.54) is 11.1 Å². The molecular weight excluding hydrogens is 146 g/mol. The van der Waals surface area contributed by atoms with Gasteiger partial charge in [-0.25, -0.2) is 0 Å². The van der Waals surface area contributed by atoms with E-state index in [0.29, 0.717) is 0 Å². The molecule has 0 unspecified atom stereocenters. The Balaban J connectivity index is 4.06. The molecule has 0 atom stereocenters. The van der Waals surface area contributed by atoms with Crippen molar-refractivity contribution in [3.05, 3.63) is 23.3 Å². The molecule has 0 N–H and O–H groups in total. The largest absolute Gasteiger partial charge is 0.297 e. The van der Waals surface area contributed by atoms with E-state index in [4.69, 9.17) is 0 Å². The van der Waals surface area contributed by atoms with Gasteiger partial charge >= 0.3 is 0 Å². The van der Waals surface area contributed by atoms with Gasteiger partial charge < -0.3 is 0 Å². The van der Waals surface area contributed by atoms with Gasteiger partial charge in [0.15, 0.2) is 0 Å². The maximum Gasteiger partial charge on any atom is 0.0597 e. The van der Waals surface area contributed by atoms with Crippen LogP contribution in [0.5, 0.6) is 0 Å². The highest BCUT2D eigenvalue weighted by molar-refractivity contribution is 5.26. The first kappa shape index (κ1) is 11.2. The second-order valence-electron chi connectivity index (χ2n) is 3.07. The Hall–Kier alpha value is -0.850. The summed E-state index contributed by atoms with van der Waals surface area (Å²) in [5.74, 6) is 0. The average molecular weight is 165 g/mol. The average Bonchev–Trinajstić information content (AvgIpc) is 2.03. The molecule has 0 aliphatic heterocycles. The van der Waals surface area contributed by atoms with Crippen LogP contribution in [0.1, 0.15) is 33.6 Å². The molecule has 0 aromatic rings. The molecule has 0 amide bonds. The molecular formula is C11H19N. The van der Waals surface area contributed by atoms with Crippen LogP contribution in [0, 0.1) is 0 Å².